The van der Waals surface area contributed by atoms with Crippen molar-refractivity contribution < 1.29 is 5.11 Å². The molecule has 0 unspecified atom stereocenters. The summed E-state index contributed by atoms with van der Waals surface area (Å²) in [5.74, 6) is 0. The Morgan fingerprint density at radius 1 is 1.12 bits per heavy atom. The zero-order valence-corrected chi connectivity index (χ0v) is 15.2. The number of hydrogen-bond acceptors (Lipinski definition) is 2. The van der Waals surface area contributed by atoms with E-state index in [1.54, 1.807) is 0 Å². The van der Waals surface area contributed by atoms with Crippen LogP contribution in [0, 0.1) is 6.92 Å². The number of aryl methyl sites for hydroxylation is 1. The molecule has 25 heavy (non-hydrogen) atoms. The number of benzene rings is 2. The average Bonchev–Trinajstić information content (AvgIpc) is 2.99. The molecule has 0 saturated carbocycles. The number of piperidine rings is 1. The van der Waals surface area contributed by atoms with Gasteiger partial charge in [0.05, 0.1) is 5.60 Å². The summed E-state index contributed by atoms with van der Waals surface area (Å²) in [6, 6.07) is 14.3. The van der Waals surface area contributed by atoms with Gasteiger partial charge in [-0.2, -0.15) is 0 Å². The van der Waals surface area contributed by atoms with E-state index in [2.05, 4.69) is 53.3 Å². The number of rotatable bonds is 3. The Balaban J connectivity index is 1.45. The van der Waals surface area contributed by atoms with E-state index >= 15 is 0 Å². The molecule has 0 bridgehead atoms. The summed E-state index contributed by atoms with van der Waals surface area (Å²) in [6.07, 6.45) is 3.61. The first-order valence-corrected chi connectivity index (χ1v) is 9.19. The summed E-state index contributed by atoms with van der Waals surface area (Å²) < 4.78 is 0. The van der Waals surface area contributed by atoms with Gasteiger partial charge in [-0.25, -0.2) is 0 Å². The summed E-state index contributed by atoms with van der Waals surface area (Å²) >= 11 is 6.06. The molecule has 0 amide bonds. The van der Waals surface area contributed by atoms with E-state index in [1.807, 2.05) is 12.1 Å². The van der Waals surface area contributed by atoms with Crippen molar-refractivity contribution in [2.24, 2.45) is 0 Å². The normalized spacial score (nSPS) is 17.9. The number of fused-ring (bicyclic) bond motifs is 1. The van der Waals surface area contributed by atoms with Gasteiger partial charge in [-0.1, -0.05) is 47.5 Å². The number of H-pyrrole nitrogens is 1. The largest absolute Gasteiger partial charge is 0.385 e. The first-order chi connectivity index (χ1) is 12.0. The number of halogens is 1. The van der Waals surface area contributed by atoms with Gasteiger partial charge >= 0.3 is 0 Å². The number of aromatic amines is 1. The number of aliphatic hydroxyl groups is 1. The molecule has 1 fully saturated rings. The quantitative estimate of drug-likeness (QED) is 0.720. The fraction of sp³-hybridized carbons (Fsp3) is 0.333. The fourth-order valence-electron chi connectivity index (χ4n) is 3.76. The molecule has 3 nitrogen and oxygen atoms in total. The molecule has 0 spiro atoms. The zero-order chi connectivity index (χ0) is 17.4. The molecule has 2 heterocycles. The van der Waals surface area contributed by atoms with E-state index in [1.165, 1.54) is 16.5 Å². The van der Waals surface area contributed by atoms with Crippen molar-refractivity contribution in [1.82, 2.24) is 9.88 Å². The van der Waals surface area contributed by atoms with Gasteiger partial charge in [0.2, 0.25) is 0 Å². The highest BCUT2D eigenvalue weighted by molar-refractivity contribution is 6.31. The predicted molar refractivity (Wildman–Crippen MR) is 103 cm³/mol. The molecule has 1 saturated heterocycles. The first-order valence-electron chi connectivity index (χ1n) is 8.81. The maximum absolute atomic E-state index is 11.0. The highest BCUT2D eigenvalue weighted by atomic mass is 35.5. The molecule has 4 rings (SSSR count). The van der Waals surface area contributed by atoms with Crippen molar-refractivity contribution in [3.05, 3.63) is 70.4 Å². The third-order valence-corrected chi connectivity index (χ3v) is 5.63. The van der Waals surface area contributed by atoms with Crippen molar-refractivity contribution >= 4 is 22.5 Å². The van der Waals surface area contributed by atoms with Gasteiger partial charge in [-0.15, -0.1) is 0 Å². The molecule has 1 aliphatic rings. The minimum absolute atomic E-state index is 0.696. The maximum atomic E-state index is 11.0. The summed E-state index contributed by atoms with van der Waals surface area (Å²) in [5, 5.41) is 13.0. The van der Waals surface area contributed by atoms with Crippen molar-refractivity contribution in [3.63, 3.8) is 0 Å². The van der Waals surface area contributed by atoms with Crippen LogP contribution in [-0.2, 0) is 12.1 Å². The highest BCUT2D eigenvalue weighted by Crippen LogP contribution is 2.34. The fourth-order valence-corrected chi connectivity index (χ4v) is 3.94. The van der Waals surface area contributed by atoms with Crippen LogP contribution in [0.25, 0.3) is 10.9 Å². The van der Waals surface area contributed by atoms with Gasteiger partial charge in [0.25, 0.3) is 0 Å². The topological polar surface area (TPSA) is 39.3 Å². The number of nitrogens with one attached hydrogen (secondary N) is 1. The molecule has 0 radical (unpaired) electrons. The number of hydrogen-bond donors (Lipinski definition) is 2. The second kappa shape index (κ2) is 6.49. The third kappa shape index (κ3) is 3.32. The molecule has 4 heteroatoms. The van der Waals surface area contributed by atoms with Crippen LogP contribution in [-0.4, -0.2) is 28.1 Å². The Morgan fingerprint density at radius 3 is 2.56 bits per heavy atom. The van der Waals surface area contributed by atoms with Crippen LogP contribution in [0.1, 0.15) is 29.5 Å². The van der Waals surface area contributed by atoms with Gasteiger partial charge in [0.1, 0.15) is 0 Å². The van der Waals surface area contributed by atoms with E-state index < -0.39 is 5.60 Å². The van der Waals surface area contributed by atoms with Crippen LogP contribution in [0.3, 0.4) is 0 Å². The van der Waals surface area contributed by atoms with Gasteiger partial charge in [-0.05, 0) is 43.0 Å². The smallest absolute Gasteiger partial charge is 0.0920 e. The summed E-state index contributed by atoms with van der Waals surface area (Å²) in [6.45, 7) is 4.76. The standard InChI is InChI=1S/C21H23ClN2O/c1-15-2-4-17(5-3-15)21(25)8-10-24(11-9-21)14-16-13-23-20-12-18(22)6-7-19(16)20/h2-7,12-13,23,25H,8-11,14H2,1H3. The van der Waals surface area contributed by atoms with E-state index in [9.17, 15) is 5.11 Å². The van der Waals surface area contributed by atoms with Crippen molar-refractivity contribution in [2.75, 3.05) is 13.1 Å². The number of nitrogens with zero attached hydrogens (tertiary/aromatic N) is 1. The van der Waals surface area contributed by atoms with Gasteiger partial charge in [0, 0.05) is 41.8 Å². The molecule has 3 aromatic rings. The Kier molecular flexibility index (Phi) is 4.32. The number of aromatic nitrogens is 1. The lowest BCUT2D eigenvalue weighted by Crippen LogP contribution is -2.42. The molecule has 0 atom stereocenters. The van der Waals surface area contributed by atoms with E-state index in [4.69, 9.17) is 11.6 Å². The lowest BCUT2D eigenvalue weighted by Gasteiger charge is -2.38. The number of likely N-dealkylation sites (tertiary alicyclic amines) is 1. The van der Waals surface area contributed by atoms with E-state index in [0.29, 0.717) is 0 Å². The Bertz CT molecular complexity index is 877. The molecule has 130 valence electrons. The Labute approximate surface area is 153 Å². The van der Waals surface area contributed by atoms with Gasteiger partial charge in [-0.3, -0.25) is 4.90 Å². The predicted octanol–water partition coefficient (Wildman–Crippen LogP) is 4.61. The van der Waals surface area contributed by atoms with Crippen molar-refractivity contribution in [1.29, 1.82) is 0 Å². The highest BCUT2D eigenvalue weighted by Gasteiger charge is 2.33. The van der Waals surface area contributed by atoms with E-state index in [0.717, 1.165) is 48.6 Å². The Hall–Kier alpha value is -1.81. The molecule has 2 N–H and O–H groups in total. The molecule has 0 aliphatic carbocycles. The molecule has 2 aromatic carbocycles. The summed E-state index contributed by atoms with van der Waals surface area (Å²) in [5.41, 5.74) is 3.93. The lowest BCUT2D eigenvalue weighted by molar-refractivity contribution is -0.0276. The molecule has 1 aromatic heterocycles. The minimum Gasteiger partial charge on any atom is -0.385 e. The molecule has 1 aliphatic heterocycles. The second-order valence-electron chi connectivity index (χ2n) is 7.18. The third-order valence-electron chi connectivity index (χ3n) is 5.40. The van der Waals surface area contributed by atoms with Crippen molar-refractivity contribution in [3.8, 4) is 0 Å². The van der Waals surface area contributed by atoms with Crippen LogP contribution in [0.4, 0.5) is 0 Å². The summed E-state index contributed by atoms with van der Waals surface area (Å²) in [4.78, 5) is 5.72. The summed E-state index contributed by atoms with van der Waals surface area (Å²) in [7, 11) is 0. The van der Waals surface area contributed by atoms with Crippen LogP contribution in [0.5, 0.6) is 0 Å². The minimum atomic E-state index is -0.696. The molecular weight excluding hydrogens is 332 g/mol. The van der Waals surface area contributed by atoms with Crippen LogP contribution < -0.4 is 0 Å². The van der Waals surface area contributed by atoms with Crippen LogP contribution in [0.15, 0.2) is 48.7 Å². The molecular formula is C21H23ClN2O. The van der Waals surface area contributed by atoms with Crippen molar-refractivity contribution in [2.45, 2.75) is 31.9 Å². The SMILES string of the molecule is Cc1ccc(C2(O)CCN(Cc3c[nH]c4cc(Cl)ccc34)CC2)cc1. The maximum Gasteiger partial charge on any atom is 0.0920 e. The average molecular weight is 355 g/mol. The second-order valence-corrected chi connectivity index (χ2v) is 7.61. The van der Waals surface area contributed by atoms with Crippen LogP contribution >= 0.6 is 11.6 Å². The van der Waals surface area contributed by atoms with E-state index in [-0.39, 0.29) is 0 Å². The van der Waals surface area contributed by atoms with Gasteiger partial charge in [0.15, 0.2) is 0 Å². The lowest BCUT2D eigenvalue weighted by atomic mass is 9.84. The monoisotopic (exact) mass is 354 g/mol. The Morgan fingerprint density at radius 2 is 1.84 bits per heavy atom. The zero-order valence-electron chi connectivity index (χ0n) is 14.4. The first kappa shape index (κ1) is 16.6. The van der Waals surface area contributed by atoms with Gasteiger partial charge < -0.3 is 10.1 Å². The van der Waals surface area contributed by atoms with Crippen LogP contribution in [0.2, 0.25) is 5.02 Å².